The summed E-state index contributed by atoms with van der Waals surface area (Å²) in [6.07, 6.45) is 0. The van der Waals surface area contributed by atoms with E-state index in [4.69, 9.17) is 5.73 Å². The molecular weight excluding hydrogens is 228 g/mol. The summed E-state index contributed by atoms with van der Waals surface area (Å²) in [6.45, 7) is 1.95. The van der Waals surface area contributed by atoms with Gasteiger partial charge in [0.2, 0.25) is 0 Å². The quantitative estimate of drug-likeness (QED) is 0.875. The molecule has 0 radical (unpaired) electrons. The van der Waals surface area contributed by atoms with Crippen LogP contribution < -0.4 is 5.73 Å². The maximum Gasteiger partial charge on any atom is 0.110 e. The third kappa shape index (κ3) is 2.78. The van der Waals surface area contributed by atoms with Gasteiger partial charge in [0.1, 0.15) is 5.01 Å². The lowest BCUT2D eigenvalue weighted by Crippen LogP contribution is -2.03. The number of halogens is 1. The SMILES string of the molecule is CC(N)c1nc(-c2ccccc2)cs1.Cl. The smallest absolute Gasteiger partial charge is 0.110 e. The molecule has 2 rings (SSSR count). The van der Waals surface area contributed by atoms with E-state index in [2.05, 4.69) is 17.1 Å². The minimum atomic E-state index is 0. The van der Waals surface area contributed by atoms with Gasteiger partial charge >= 0.3 is 0 Å². The highest BCUT2D eigenvalue weighted by Crippen LogP contribution is 2.23. The molecule has 15 heavy (non-hydrogen) atoms. The van der Waals surface area contributed by atoms with E-state index >= 15 is 0 Å². The van der Waals surface area contributed by atoms with Gasteiger partial charge in [0.25, 0.3) is 0 Å². The van der Waals surface area contributed by atoms with E-state index in [1.807, 2.05) is 30.5 Å². The molecule has 1 unspecified atom stereocenters. The van der Waals surface area contributed by atoms with Crippen molar-refractivity contribution >= 4 is 23.7 Å². The van der Waals surface area contributed by atoms with Gasteiger partial charge in [0, 0.05) is 10.9 Å². The van der Waals surface area contributed by atoms with Crippen LogP contribution in [0.15, 0.2) is 35.7 Å². The van der Waals surface area contributed by atoms with Gasteiger partial charge in [-0.2, -0.15) is 0 Å². The summed E-state index contributed by atoms with van der Waals surface area (Å²) in [6, 6.07) is 10.2. The first-order valence-corrected chi connectivity index (χ1v) is 5.42. The number of nitrogens with two attached hydrogens (primary N) is 1. The molecule has 2 nitrogen and oxygen atoms in total. The van der Waals surface area contributed by atoms with Crippen LogP contribution in [-0.4, -0.2) is 4.98 Å². The van der Waals surface area contributed by atoms with Crippen LogP contribution in [0.2, 0.25) is 0 Å². The summed E-state index contributed by atoms with van der Waals surface area (Å²) in [5.74, 6) is 0. The molecule has 1 atom stereocenters. The van der Waals surface area contributed by atoms with E-state index in [9.17, 15) is 0 Å². The van der Waals surface area contributed by atoms with E-state index in [-0.39, 0.29) is 18.4 Å². The van der Waals surface area contributed by atoms with Gasteiger partial charge in [-0.15, -0.1) is 23.7 Å². The standard InChI is InChI=1S/C11H12N2S.ClH/c1-8(12)11-13-10(7-14-11)9-5-3-2-4-6-9;/h2-8H,12H2,1H3;1H. The van der Waals surface area contributed by atoms with Crippen molar-refractivity contribution in [1.29, 1.82) is 0 Å². The summed E-state index contributed by atoms with van der Waals surface area (Å²) in [7, 11) is 0. The minimum absolute atomic E-state index is 0. The zero-order chi connectivity index (χ0) is 9.97. The lowest BCUT2D eigenvalue weighted by molar-refractivity contribution is 0.808. The van der Waals surface area contributed by atoms with Gasteiger partial charge in [-0.3, -0.25) is 0 Å². The van der Waals surface area contributed by atoms with Crippen LogP contribution in [0.1, 0.15) is 18.0 Å². The van der Waals surface area contributed by atoms with E-state index in [1.54, 1.807) is 11.3 Å². The Morgan fingerprint density at radius 1 is 1.27 bits per heavy atom. The predicted molar refractivity (Wildman–Crippen MR) is 67.4 cm³/mol. The van der Waals surface area contributed by atoms with Crippen LogP contribution in [0.5, 0.6) is 0 Å². The largest absolute Gasteiger partial charge is 0.322 e. The summed E-state index contributed by atoms with van der Waals surface area (Å²) < 4.78 is 0. The first-order valence-electron chi connectivity index (χ1n) is 4.54. The summed E-state index contributed by atoms with van der Waals surface area (Å²) in [4.78, 5) is 4.47. The van der Waals surface area contributed by atoms with Gasteiger partial charge in [0.15, 0.2) is 0 Å². The highest BCUT2D eigenvalue weighted by atomic mass is 35.5. The van der Waals surface area contributed by atoms with Crippen LogP contribution in [-0.2, 0) is 0 Å². The summed E-state index contributed by atoms with van der Waals surface area (Å²) >= 11 is 1.62. The van der Waals surface area contributed by atoms with E-state index < -0.39 is 0 Å². The normalized spacial score (nSPS) is 11.9. The molecule has 2 N–H and O–H groups in total. The Morgan fingerprint density at radius 3 is 2.47 bits per heavy atom. The van der Waals surface area contributed by atoms with Gasteiger partial charge in [-0.05, 0) is 6.92 Å². The second kappa shape index (κ2) is 5.26. The number of rotatable bonds is 2. The minimum Gasteiger partial charge on any atom is -0.322 e. The monoisotopic (exact) mass is 240 g/mol. The molecule has 0 spiro atoms. The Kier molecular flexibility index (Phi) is 4.27. The van der Waals surface area contributed by atoms with Crippen LogP contribution in [0.4, 0.5) is 0 Å². The van der Waals surface area contributed by atoms with Gasteiger partial charge in [-0.25, -0.2) is 4.98 Å². The zero-order valence-corrected chi connectivity index (χ0v) is 10.0. The molecule has 0 aliphatic rings. The van der Waals surface area contributed by atoms with Crippen LogP contribution in [0.3, 0.4) is 0 Å². The highest BCUT2D eigenvalue weighted by molar-refractivity contribution is 7.10. The highest BCUT2D eigenvalue weighted by Gasteiger charge is 2.06. The van der Waals surface area contributed by atoms with Crippen molar-refractivity contribution in [2.75, 3.05) is 0 Å². The number of hydrogen-bond acceptors (Lipinski definition) is 3. The molecule has 1 aromatic heterocycles. The lowest BCUT2D eigenvalue weighted by atomic mass is 10.2. The van der Waals surface area contributed by atoms with Gasteiger partial charge < -0.3 is 5.73 Å². The fourth-order valence-electron chi connectivity index (χ4n) is 1.24. The topological polar surface area (TPSA) is 38.9 Å². The van der Waals surface area contributed by atoms with E-state index in [0.717, 1.165) is 16.3 Å². The first-order chi connectivity index (χ1) is 6.77. The molecule has 4 heteroatoms. The average molecular weight is 241 g/mol. The Hall–Kier alpha value is -0.900. The van der Waals surface area contributed by atoms with Crippen LogP contribution >= 0.6 is 23.7 Å². The van der Waals surface area contributed by atoms with E-state index in [1.165, 1.54) is 0 Å². The summed E-state index contributed by atoms with van der Waals surface area (Å²) in [5, 5.41) is 3.04. The average Bonchev–Trinajstić information content (AvgIpc) is 2.68. The molecule has 0 saturated heterocycles. The van der Waals surface area contributed by atoms with Crippen molar-refractivity contribution in [3.63, 3.8) is 0 Å². The number of nitrogens with zero attached hydrogens (tertiary/aromatic N) is 1. The summed E-state index contributed by atoms with van der Waals surface area (Å²) in [5.41, 5.74) is 7.92. The van der Waals surface area contributed by atoms with Crippen molar-refractivity contribution in [2.24, 2.45) is 5.73 Å². The Labute approximate surface area is 99.6 Å². The molecule has 0 amide bonds. The second-order valence-electron chi connectivity index (χ2n) is 3.23. The number of thiazole rings is 1. The fourth-order valence-corrected chi connectivity index (χ4v) is 2.03. The molecule has 80 valence electrons. The molecule has 0 aliphatic heterocycles. The predicted octanol–water partition coefficient (Wildman–Crippen LogP) is 3.25. The first kappa shape index (κ1) is 12.2. The molecular formula is C11H13ClN2S. The number of benzene rings is 1. The maximum atomic E-state index is 5.75. The lowest BCUT2D eigenvalue weighted by Gasteiger charge is -1.97. The van der Waals surface area contributed by atoms with E-state index in [0.29, 0.717) is 0 Å². The van der Waals surface area contributed by atoms with Crippen molar-refractivity contribution in [3.05, 3.63) is 40.7 Å². The number of aromatic nitrogens is 1. The Bertz CT molecular complexity index is 412. The molecule has 1 heterocycles. The third-order valence-corrected chi connectivity index (χ3v) is 3.03. The van der Waals surface area contributed by atoms with Crippen LogP contribution in [0, 0.1) is 0 Å². The second-order valence-corrected chi connectivity index (χ2v) is 4.12. The van der Waals surface area contributed by atoms with Gasteiger partial charge in [-0.1, -0.05) is 30.3 Å². The zero-order valence-electron chi connectivity index (χ0n) is 8.38. The molecule has 0 bridgehead atoms. The van der Waals surface area contributed by atoms with Crippen molar-refractivity contribution in [1.82, 2.24) is 4.98 Å². The van der Waals surface area contributed by atoms with Gasteiger partial charge in [0.05, 0.1) is 11.7 Å². The van der Waals surface area contributed by atoms with Crippen LogP contribution in [0.25, 0.3) is 11.3 Å². The molecule has 2 aromatic rings. The van der Waals surface area contributed by atoms with Crippen molar-refractivity contribution < 1.29 is 0 Å². The number of hydrogen-bond donors (Lipinski definition) is 1. The fraction of sp³-hybridized carbons (Fsp3) is 0.182. The maximum absolute atomic E-state index is 5.75. The van der Waals surface area contributed by atoms with Crippen molar-refractivity contribution in [3.8, 4) is 11.3 Å². The third-order valence-electron chi connectivity index (χ3n) is 1.98. The van der Waals surface area contributed by atoms with Crippen molar-refractivity contribution in [2.45, 2.75) is 13.0 Å². The molecule has 0 fully saturated rings. The molecule has 1 aromatic carbocycles. The molecule has 0 saturated carbocycles. The Balaban J connectivity index is 0.00000112. The Morgan fingerprint density at radius 2 is 1.93 bits per heavy atom. The molecule has 0 aliphatic carbocycles.